The Morgan fingerprint density at radius 2 is 2.00 bits per heavy atom. The second-order valence-corrected chi connectivity index (χ2v) is 5.83. The van der Waals surface area contributed by atoms with Crippen LogP contribution in [-0.2, 0) is 15.0 Å². The molecule has 0 radical (unpaired) electrons. The van der Waals surface area contributed by atoms with Crippen molar-refractivity contribution in [1.29, 1.82) is 0 Å². The fourth-order valence-electron chi connectivity index (χ4n) is 1.31. The first-order chi connectivity index (χ1) is 6.94. The van der Waals surface area contributed by atoms with Gasteiger partial charge in [-0.3, -0.25) is 4.79 Å². The summed E-state index contributed by atoms with van der Waals surface area (Å²) in [5.41, 5.74) is -0.849. The molecule has 15 heavy (non-hydrogen) atoms. The highest BCUT2D eigenvalue weighted by Crippen LogP contribution is 2.45. The Morgan fingerprint density at radius 3 is 2.40 bits per heavy atom. The Bertz CT molecular complexity index is 370. The van der Waals surface area contributed by atoms with E-state index in [0.29, 0.717) is 12.8 Å². The van der Waals surface area contributed by atoms with Crippen molar-refractivity contribution in [1.82, 2.24) is 9.44 Å². The number of carboxylic acids is 1. The monoisotopic (exact) mass is 234 g/mol. The minimum absolute atomic E-state index is 0.00954. The zero-order chi connectivity index (χ0) is 11.1. The van der Waals surface area contributed by atoms with Crippen LogP contribution in [0.5, 0.6) is 0 Å². The Hall–Kier alpha value is -0.660. The number of aliphatic carboxylic acids is 1. The molecule has 0 aliphatic heterocycles. The maximum absolute atomic E-state index is 11.4. The Morgan fingerprint density at radius 1 is 1.40 bits per heavy atom. The van der Waals surface area contributed by atoms with E-state index in [0.717, 1.165) is 12.8 Å². The van der Waals surface area contributed by atoms with Gasteiger partial charge >= 0.3 is 5.97 Å². The highest BCUT2D eigenvalue weighted by molar-refractivity contribution is 7.87. The van der Waals surface area contributed by atoms with E-state index in [9.17, 15) is 13.2 Å². The molecule has 2 fully saturated rings. The fourth-order valence-corrected chi connectivity index (χ4v) is 2.54. The molecule has 0 aromatic rings. The predicted octanol–water partition coefficient (Wildman–Crippen LogP) is -0.562. The van der Waals surface area contributed by atoms with Crippen molar-refractivity contribution in [2.45, 2.75) is 31.7 Å². The Kier molecular flexibility index (Phi) is 2.48. The van der Waals surface area contributed by atoms with Crippen LogP contribution in [0, 0.1) is 5.41 Å². The van der Waals surface area contributed by atoms with E-state index in [1.165, 1.54) is 0 Å². The molecule has 0 heterocycles. The van der Waals surface area contributed by atoms with Gasteiger partial charge in [0.05, 0.1) is 5.41 Å². The number of hydrogen-bond acceptors (Lipinski definition) is 3. The zero-order valence-corrected chi connectivity index (χ0v) is 9.01. The lowest BCUT2D eigenvalue weighted by molar-refractivity contribution is -0.143. The minimum atomic E-state index is -3.51. The number of nitrogens with one attached hydrogen (secondary N) is 2. The van der Waals surface area contributed by atoms with Crippen LogP contribution in [0.4, 0.5) is 0 Å². The SMILES string of the molecule is O=C(O)C1(CNS(=O)(=O)NC2CC2)CC1. The highest BCUT2D eigenvalue weighted by Gasteiger charge is 2.50. The summed E-state index contributed by atoms with van der Waals surface area (Å²) in [5, 5.41) is 8.84. The maximum Gasteiger partial charge on any atom is 0.310 e. The van der Waals surface area contributed by atoms with E-state index in [4.69, 9.17) is 5.11 Å². The normalized spacial score (nSPS) is 23.7. The molecule has 7 heteroatoms. The second-order valence-electron chi connectivity index (χ2n) is 4.30. The summed E-state index contributed by atoms with van der Waals surface area (Å²) < 4.78 is 27.5. The van der Waals surface area contributed by atoms with Gasteiger partial charge < -0.3 is 5.11 Å². The quantitative estimate of drug-likeness (QED) is 0.574. The van der Waals surface area contributed by atoms with Gasteiger partial charge in [-0.05, 0) is 25.7 Å². The van der Waals surface area contributed by atoms with Crippen molar-refractivity contribution in [2.75, 3.05) is 6.54 Å². The number of carbonyl (C=O) groups is 1. The lowest BCUT2D eigenvalue weighted by atomic mass is 10.1. The third-order valence-corrected chi connectivity index (χ3v) is 3.97. The van der Waals surface area contributed by atoms with Crippen LogP contribution in [0.1, 0.15) is 25.7 Å². The van der Waals surface area contributed by atoms with Crippen LogP contribution >= 0.6 is 0 Å². The molecule has 0 unspecified atom stereocenters. The molecule has 0 bridgehead atoms. The largest absolute Gasteiger partial charge is 0.481 e. The van der Waals surface area contributed by atoms with Gasteiger partial charge in [-0.25, -0.2) is 4.72 Å². The lowest BCUT2D eigenvalue weighted by Crippen LogP contribution is -2.42. The number of rotatable bonds is 6. The summed E-state index contributed by atoms with van der Waals surface area (Å²) in [5.74, 6) is -0.920. The van der Waals surface area contributed by atoms with E-state index >= 15 is 0 Å². The van der Waals surface area contributed by atoms with Crippen LogP contribution in [0.15, 0.2) is 0 Å². The predicted molar refractivity (Wildman–Crippen MR) is 52.4 cm³/mol. The number of carboxylic acid groups (broad SMARTS) is 1. The van der Waals surface area contributed by atoms with Gasteiger partial charge in [0.1, 0.15) is 0 Å². The molecule has 0 saturated heterocycles. The van der Waals surface area contributed by atoms with Crippen molar-refractivity contribution in [3.05, 3.63) is 0 Å². The van der Waals surface area contributed by atoms with Crippen LogP contribution in [0.25, 0.3) is 0 Å². The van der Waals surface area contributed by atoms with Gasteiger partial charge in [0.25, 0.3) is 10.2 Å². The average Bonchev–Trinajstić information content (AvgIpc) is 2.95. The molecule has 0 atom stereocenters. The van der Waals surface area contributed by atoms with Crippen LogP contribution in [-0.4, -0.2) is 32.1 Å². The molecule has 2 aliphatic rings. The smallest absolute Gasteiger partial charge is 0.310 e. The first-order valence-electron chi connectivity index (χ1n) is 4.94. The van der Waals surface area contributed by atoms with E-state index < -0.39 is 21.6 Å². The number of hydrogen-bond donors (Lipinski definition) is 3. The van der Waals surface area contributed by atoms with Gasteiger partial charge in [-0.15, -0.1) is 0 Å². The molecule has 2 aliphatic carbocycles. The molecule has 2 rings (SSSR count). The lowest BCUT2D eigenvalue weighted by Gasteiger charge is -2.11. The van der Waals surface area contributed by atoms with Crippen LogP contribution in [0.2, 0.25) is 0 Å². The maximum atomic E-state index is 11.4. The Balaban J connectivity index is 1.84. The Labute approximate surface area is 88.2 Å². The van der Waals surface area contributed by atoms with Crippen molar-refractivity contribution in [2.24, 2.45) is 5.41 Å². The third-order valence-electron chi connectivity index (χ3n) is 2.81. The topological polar surface area (TPSA) is 95.5 Å². The second kappa shape index (κ2) is 3.43. The first kappa shape index (κ1) is 10.8. The summed E-state index contributed by atoms with van der Waals surface area (Å²) >= 11 is 0. The van der Waals surface area contributed by atoms with Gasteiger partial charge in [-0.1, -0.05) is 0 Å². The van der Waals surface area contributed by atoms with Crippen LogP contribution in [0.3, 0.4) is 0 Å². The molecule has 3 N–H and O–H groups in total. The molecule has 0 aromatic heterocycles. The zero-order valence-electron chi connectivity index (χ0n) is 8.19. The van der Waals surface area contributed by atoms with Crippen LogP contribution < -0.4 is 9.44 Å². The minimum Gasteiger partial charge on any atom is -0.481 e. The fraction of sp³-hybridized carbons (Fsp3) is 0.875. The van der Waals surface area contributed by atoms with Crippen molar-refractivity contribution < 1.29 is 18.3 Å². The summed E-state index contributed by atoms with van der Waals surface area (Å²) in [4.78, 5) is 10.8. The van der Waals surface area contributed by atoms with E-state index in [-0.39, 0.29) is 12.6 Å². The summed E-state index contributed by atoms with van der Waals surface area (Å²) in [6, 6.07) is 0.0440. The third kappa shape index (κ3) is 2.67. The molecular formula is C8H14N2O4S. The molecule has 0 amide bonds. The van der Waals surface area contributed by atoms with E-state index in [2.05, 4.69) is 9.44 Å². The van der Waals surface area contributed by atoms with E-state index in [1.54, 1.807) is 0 Å². The van der Waals surface area contributed by atoms with Crippen molar-refractivity contribution >= 4 is 16.2 Å². The molecule has 6 nitrogen and oxygen atoms in total. The van der Waals surface area contributed by atoms with Crippen molar-refractivity contribution in [3.63, 3.8) is 0 Å². The molecule has 0 aromatic carbocycles. The van der Waals surface area contributed by atoms with Gasteiger partial charge in [0, 0.05) is 12.6 Å². The summed E-state index contributed by atoms with van der Waals surface area (Å²) in [6.45, 7) is -0.00954. The molecular weight excluding hydrogens is 220 g/mol. The summed E-state index contributed by atoms with van der Waals surface area (Å²) in [6.07, 6.45) is 2.83. The summed E-state index contributed by atoms with van der Waals surface area (Å²) in [7, 11) is -3.51. The average molecular weight is 234 g/mol. The molecule has 0 spiro atoms. The standard InChI is InChI=1S/C8H14N2O4S/c11-7(12)8(3-4-8)5-9-15(13,14)10-6-1-2-6/h6,9-10H,1-5H2,(H,11,12). The van der Waals surface area contributed by atoms with Gasteiger partial charge in [0.15, 0.2) is 0 Å². The van der Waals surface area contributed by atoms with E-state index in [1.807, 2.05) is 0 Å². The highest BCUT2D eigenvalue weighted by atomic mass is 32.2. The van der Waals surface area contributed by atoms with Crippen molar-refractivity contribution in [3.8, 4) is 0 Å². The molecule has 2 saturated carbocycles. The molecule has 86 valence electrons. The first-order valence-corrected chi connectivity index (χ1v) is 6.42. The van der Waals surface area contributed by atoms with Gasteiger partial charge in [-0.2, -0.15) is 13.1 Å². The van der Waals surface area contributed by atoms with Gasteiger partial charge in [0.2, 0.25) is 0 Å².